The van der Waals surface area contributed by atoms with Crippen LogP contribution in [-0.4, -0.2) is 0 Å². The molecule has 0 amide bonds. The first kappa shape index (κ1) is 31.6. The molecule has 0 unspecified atom stereocenters. The minimum absolute atomic E-state index is 0.910. The molecule has 9 aromatic carbocycles. The number of nitrogens with zero attached hydrogens (tertiary/aromatic N) is 1. The van der Waals surface area contributed by atoms with Crippen LogP contribution in [0.1, 0.15) is 0 Å². The number of furan rings is 1. The lowest BCUT2D eigenvalue weighted by Crippen LogP contribution is -2.09. The largest absolute Gasteiger partial charge is 0.455 e. The zero-order chi connectivity index (χ0) is 36.3. The first-order chi connectivity index (χ1) is 27.2. The standard InChI is InChI=1S/C52H33NOS/c1-2-9-34(10-3-1)35-17-25-40(26-18-35)53(42-29-21-38(22-30-42)43-14-8-15-46-45-13-6-7-16-49(45)54-51(43)46)41-27-19-36(20-28-41)39-24-32-50-48(33-39)47-31-23-37-11-4-5-12-44(37)52(47)55-50/h1-33H. The second-order valence-electron chi connectivity index (χ2n) is 14.1. The fourth-order valence-corrected chi connectivity index (χ4v) is 9.35. The molecule has 0 saturated carbocycles. The quantitative estimate of drug-likeness (QED) is 0.170. The number of hydrogen-bond acceptors (Lipinski definition) is 3. The van der Waals surface area contributed by atoms with E-state index in [1.807, 2.05) is 23.5 Å². The van der Waals surface area contributed by atoms with Crippen LogP contribution in [0.25, 0.3) is 86.3 Å². The highest BCUT2D eigenvalue weighted by molar-refractivity contribution is 7.26. The Morgan fingerprint density at radius 2 is 0.945 bits per heavy atom. The first-order valence-electron chi connectivity index (χ1n) is 18.7. The Hall–Kier alpha value is -6.94. The van der Waals surface area contributed by atoms with Crippen molar-refractivity contribution < 1.29 is 4.42 Å². The van der Waals surface area contributed by atoms with E-state index in [0.29, 0.717) is 0 Å². The SMILES string of the molecule is c1ccc(-c2ccc(N(c3ccc(-c4ccc5sc6c7ccccc7ccc6c5c4)cc3)c3ccc(-c4cccc5c4oc4ccccc45)cc3)cc2)cc1. The molecule has 2 nitrogen and oxygen atoms in total. The molecule has 258 valence electrons. The van der Waals surface area contributed by atoms with Crippen LogP contribution in [0.2, 0.25) is 0 Å². The molecule has 0 N–H and O–H groups in total. The van der Waals surface area contributed by atoms with E-state index in [2.05, 4.69) is 193 Å². The van der Waals surface area contributed by atoms with Gasteiger partial charge in [0.2, 0.25) is 0 Å². The molecule has 55 heavy (non-hydrogen) atoms. The number of anilines is 3. The van der Waals surface area contributed by atoms with Gasteiger partial charge in [-0.3, -0.25) is 0 Å². The van der Waals surface area contributed by atoms with Crippen molar-refractivity contribution in [2.45, 2.75) is 0 Å². The lowest BCUT2D eigenvalue weighted by Gasteiger charge is -2.26. The normalized spacial score (nSPS) is 11.6. The number of benzene rings is 9. The van der Waals surface area contributed by atoms with Crippen molar-refractivity contribution in [3.63, 3.8) is 0 Å². The predicted molar refractivity (Wildman–Crippen MR) is 235 cm³/mol. The molecule has 11 aromatic rings. The van der Waals surface area contributed by atoms with Crippen LogP contribution in [0.3, 0.4) is 0 Å². The fourth-order valence-electron chi connectivity index (χ4n) is 8.13. The summed E-state index contributed by atoms with van der Waals surface area (Å²) < 4.78 is 9.07. The Balaban J connectivity index is 0.979. The Morgan fingerprint density at radius 1 is 0.364 bits per heavy atom. The van der Waals surface area contributed by atoms with Gasteiger partial charge in [0, 0.05) is 53.6 Å². The topological polar surface area (TPSA) is 16.4 Å². The van der Waals surface area contributed by atoms with Gasteiger partial charge in [-0.15, -0.1) is 11.3 Å². The number of hydrogen-bond donors (Lipinski definition) is 0. The van der Waals surface area contributed by atoms with Crippen molar-refractivity contribution in [3.05, 3.63) is 200 Å². The fraction of sp³-hybridized carbons (Fsp3) is 0. The predicted octanol–water partition coefficient (Wildman–Crippen LogP) is 15.6. The summed E-state index contributed by atoms with van der Waals surface area (Å²) in [6, 6.07) is 72.1. The second-order valence-corrected chi connectivity index (χ2v) is 15.2. The van der Waals surface area contributed by atoms with E-state index in [-0.39, 0.29) is 0 Å². The summed E-state index contributed by atoms with van der Waals surface area (Å²) in [6.45, 7) is 0. The molecule has 2 aromatic heterocycles. The van der Waals surface area contributed by atoms with Crippen LogP contribution < -0.4 is 4.90 Å². The van der Waals surface area contributed by atoms with Gasteiger partial charge in [-0.1, -0.05) is 146 Å². The van der Waals surface area contributed by atoms with Crippen molar-refractivity contribution >= 4 is 81.3 Å². The van der Waals surface area contributed by atoms with Gasteiger partial charge in [0.05, 0.1) is 0 Å². The number of fused-ring (bicyclic) bond motifs is 8. The van der Waals surface area contributed by atoms with Crippen molar-refractivity contribution in [1.29, 1.82) is 0 Å². The summed E-state index contributed by atoms with van der Waals surface area (Å²) in [4.78, 5) is 2.34. The third-order valence-electron chi connectivity index (χ3n) is 10.9. The molecule has 11 rings (SSSR count). The third-order valence-corrected chi connectivity index (χ3v) is 12.1. The second kappa shape index (κ2) is 12.9. The van der Waals surface area contributed by atoms with Gasteiger partial charge in [-0.2, -0.15) is 0 Å². The highest BCUT2D eigenvalue weighted by atomic mass is 32.1. The summed E-state index contributed by atoms with van der Waals surface area (Å²) in [5, 5.41) is 7.52. The molecular formula is C52H33NOS. The molecule has 0 fully saturated rings. The molecule has 0 aliphatic heterocycles. The minimum Gasteiger partial charge on any atom is -0.455 e. The average molecular weight is 720 g/mol. The molecule has 0 radical (unpaired) electrons. The number of thiophene rings is 1. The van der Waals surface area contributed by atoms with E-state index in [1.165, 1.54) is 53.2 Å². The van der Waals surface area contributed by atoms with Crippen LogP contribution in [0.4, 0.5) is 17.1 Å². The van der Waals surface area contributed by atoms with Gasteiger partial charge in [0.1, 0.15) is 11.2 Å². The molecule has 0 atom stereocenters. The van der Waals surface area contributed by atoms with Gasteiger partial charge < -0.3 is 9.32 Å². The minimum atomic E-state index is 0.910. The average Bonchev–Trinajstić information content (AvgIpc) is 3.84. The summed E-state index contributed by atoms with van der Waals surface area (Å²) in [7, 11) is 0. The van der Waals surface area contributed by atoms with Crippen LogP contribution >= 0.6 is 11.3 Å². The maximum atomic E-state index is 6.40. The van der Waals surface area contributed by atoms with Crippen molar-refractivity contribution in [1.82, 2.24) is 0 Å². The Kier molecular flexibility index (Phi) is 7.39. The lowest BCUT2D eigenvalue weighted by atomic mass is 10.0. The maximum absolute atomic E-state index is 6.40. The molecule has 0 saturated heterocycles. The van der Waals surface area contributed by atoms with Gasteiger partial charge in [0.25, 0.3) is 0 Å². The lowest BCUT2D eigenvalue weighted by molar-refractivity contribution is 0.670. The van der Waals surface area contributed by atoms with Crippen molar-refractivity contribution in [2.75, 3.05) is 4.90 Å². The van der Waals surface area contributed by atoms with Crippen LogP contribution in [0.5, 0.6) is 0 Å². The Morgan fingerprint density at radius 3 is 1.69 bits per heavy atom. The Bertz CT molecular complexity index is 3170. The van der Waals surface area contributed by atoms with E-state index < -0.39 is 0 Å². The highest BCUT2D eigenvalue weighted by Gasteiger charge is 2.17. The molecular weight excluding hydrogens is 687 g/mol. The zero-order valence-electron chi connectivity index (χ0n) is 29.8. The molecule has 0 spiro atoms. The van der Waals surface area contributed by atoms with Crippen molar-refractivity contribution in [2.24, 2.45) is 0 Å². The molecule has 0 aliphatic rings. The zero-order valence-corrected chi connectivity index (χ0v) is 30.6. The van der Waals surface area contributed by atoms with E-state index in [4.69, 9.17) is 4.42 Å². The van der Waals surface area contributed by atoms with Gasteiger partial charge in [-0.05, 0) is 93.2 Å². The van der Waals surface area contributed by atoms with Crippen LogP contribution in [0.15, 0.2) is 205 Å². The monoisotopic (exact) mass is 719 g/mol. The van der Waals surface area contributed by atoms with E-state index in [1.54, 1.807) is 0 Å². The van der Waals surface area contributed by atoms with Gasteiger partial charge >= 0.3 is 0 Å². The maximum Gasteiger partial charge on any atom is 0.143 e. The highest BCUT2D eigenvalue weighted by Crippen LogP contribution is 2.42. The molecule has 2 heterocycles. The summed E-state index contributed by atoms with van der Waals surface area (Å²) >= 11 is 1.88. The molecule has 3 heteroatoms. The van der Waals surface area contributed by atoms with Gasteiger partial charge in [-0.25, -0.2) is 0 Å². The van der Waals surface area contributed by atoms with E-state index in [9.17, 15) is 0 Å². The van der Waals surface area contributed by atoms with E-state index >= 15 is 0 Å². The first-order valence-corrected chi connectivity index (χ1v) is 19.5. The Labute approximate surface area is 322 Å². The molecule has 0 aliphatic carbocycles. The number of para-hydroxylation sites is 2. The summed E-state index contributed by atoms with van der Waals surface area (Å²) in [6.07, 6.45) is 0. The third kappa shape index (κ3) is 5.40. The van der Waals surface area contributed by atoms with Crippen LogP contribution in [0, 0.1) is 0 Å². The number of rotatable bonds is 6. The van der Waals surface area contributed by atoms with E-state index in [0.717, 1.165) is 50.1 Å². The smallest absolute Gasteiger partial charge is 0.143 e. The summed E-state index contributed by atoms with van der Waals surface area (Å²) in [5.41, 5.74) is 12.1. The summed E-state index contributed by atoms with van der Waals surface area (Å²) in [5.74, 6) is 0. The van der Waals surface area contributed by atoms with Gasteiger partial charge in [0.15, 0.2) is 0 Å². The molecule has 0 bridgehead atoms. The van der Waals surface area contributed by atoms with Crippen molar-refractivity contribution in [3.8, 4) is 33.4 Å². The van der Waals surface area contributed by atoms with Crippen LogP contribution in [-0.2, 0) is 0 Å².